The van der Waals surface area contributed by atoms with Gasteiger partial charge in [-0.3, -0.25) is 9.10 Å². The van der Waals surface area contributed by atoms with Crippen molar-refractivity contribution in [3.63, 3.8) is 0 Å². The molecule has 0 spiro atoms. The number of nitrogens with zero attached hydrogens (tertiary/aromatic N) is 1. The van der Waals surface area contributed by atoms with E-state index in [9.17, 15) is 13.2 Å². The van der Waals surface area contributed by atoms with Crippen molar-refractivity contribution in [2.75, 3.05) is 23.0 Å². The first kappa shape index (κ1) is 21.1. The second kappa shape index (κ2) is 8.19. The van der Waals surface area contributed by atoms with Crippen molar-refractivity contribution in [3.8, 4) is 5.75 Å². The SMILES string of the molecule is COc1ccc(C)cc1NC(=O)[C@@H](C)N(c1cc(Cl)ccc1C)S(C)(=O)=O. The molecular formula is C19H23ClN2O4S. The summed E-state index contributed by atoms with van der Waals surface area (Å²) in [6.07, 6.45) is 1.06. The van der Waals surface area contributed by atoms with E-state index in [4.69, 9.17) is 16.3 Å². The highest BCUT2D eigenvalue weighted by Crippen LogP contribution is 2.30. The number of rotatable bonds is 6. The first-order chi connectivity index (χ1) is 12.5. The highest BCUT2D eigenvalue weighted by molar-refractivity contribution is 7.92. The molecule has 0 saturated carbocycles. The average Bonchev–Trinajstić information content (AvgIpc) is 2.57. The quantitative estimate of drug-likeness (QED) is 0.786. The minimum absolute atomic E-state index is 0.365. The van der Waals surface area contributed by atoms with Gasteiger partial charge in [-0.25, -0.2) is 8.42 Å². The number of hydrogen-bond donors (Lipinski definition) is 1. The number of hydrogen-bond acceptors (Lipinski definition) is 4. The predicted molar refractivity (Wildman–Crippen MR) is 109 cm³/mol. The maximum Gasteiger partial charge on any atom is 0.248 e. The lowest BCUT2D eigenvalue weighted by molar-refractivity contribution is -0.116. The number of carbonyl (C=O) groups is 1. The molecule has 27 heavy (non-hydrogen) atoms. The minimum atomic E-state index is -3.74. The fraction of sp³-hybridized carbons (Fsp3) is 0.316. The van der Waals surface area contributed by atoms with Gasteiger partial charge in [-0.2, -0.15) is 0 Å². The Kier molecular flexibility index (Phi) is 6.38. The van der Waals surface area contributed by atoms with Gasteiger partial charge < -0.3 is 10.1 Å². The summed E-state index contributed by atoms with van der Waals surface area (Å²) in [6.45, 7) is 5.17. The van der Waals surface area contributed by atoms with E-state index < -0.39 is 22.0 Å². The molecule has 2 aromatic carbocycles. The molecule has 0 aliphatic rings. The van der Waals surface area contributed by atoms with E-state index in [0.717, 1.165) is 16.1 Å². The Hall–Kier alpha value is -2.25. The smallest absolute Gasteiger partial charge is 0.248 e. The van der Waals surface area contributed by atoms with Crippen LogP contribution in [-0.2, 0) is 14.8 Å². The maximum atomic E-state index is 12.8. The van der Waals surface area contributed by atoms with Crippen LogP contribution in [0.15, 0.2) is 36.4 Å². The summed E-state index contributed by atoms with van der Waals surface area (Å²) in [4.78, 5) is 12.8. The van der Waals surface area contributed by atoms with E-state index >= 15 is 0 Å². The number of aryl methyl sites for hydroxylation is 2. The van der Waals surface area contributed by atoms with Crippen LogP contribution in [0.2, 0.25) is 5.02 Å². The number of methoxy groups -OCH3 is 1. The van der Waals surface area contributed by atoms with Crippen LogP contribution in [0.25, 0.3) is 0 Å². The normalized spacial score (nSPS) is 12.4. The maximum absolute atomic E-state index is 12.8. The van der Waals surface area contributed by atoms with Crippen LogP contribution >= 0.6 is 11.6 Å². The summed E-state index contributed by atoms with van der Waals surface area (Å²) in [5.41, 5.74) is 2.47. The monoisotopic (exact) mass is 410 g/mol. The third-order valence-electron chi connectivity index (χ3n) is 4.11. The molecule has 0 bridgehead atoms. The number of amides is 1. The van der Waals surface area contributed by atoms with Crippen molar-refractivity contribution < 1.29 is 17.9 Å². The molecule has 0 saturated heterocycles. The zero-order valence-electron chi connectivity index (χ0n) is 15.9. The largest absolute Gasteiger partial charge is 0.495 e. The van der Waals surface area contributed by atoms with E-state index in [1.54, 1.807) is 31.2 Å². The van der Waals surface area contributed by atoms with Crippen LogP contribution in [-0.4, -0.2) is 33.7 Å². The van der Waals surface area contributed by atoms with Crippen molar-refractivity contribution in [2.45, 2.75) is 26.8 Å². The highest BCUT2D eigenvalue weighted by atomic mass is 35.5. The van der Waals surface area contributed by atoms with E-state index in [2.05, 4.69) is 5.32 Å². The van der Waals surface area contributed by atoms with Crippen molar-refractivity contribution in [3.05, 3.63) is 52.5 Å². The molecule has 2 rings (SSSR count). The Balaban J connectivity index is 2.42. The second-order valence-electron chi connectivity index (χ2n) is 6.36. The van der Waals surface area contributed by atoms with Gasteiger partial charge in [-0.05, 0) is 56.2 Å². The van der Waals surface area contributed by atoms with E-state index in [-0.39, 0.29) is 0 Å². The van der Waals surface area contributed by atoms with Gasteiger partial charge in [0.05, 0.1) is 24.7 Å². The predicted octanol–water partition coefficient (Wildman–Crippen LogP) is 3.76. The molecule has 6 nitrogen and oxygen atoms in total. The van der Waals surface area contributed by atoms with Crippen LogP contribution in [0.4, 0.5) is 11.4 Å². The van der Waals surface area contributed by atoms with Crippen molar-refractivity contribution in [1.82, 2.24) is 0 Å². The number of halogens is 1. The standard InChI is InChI=1S/C19H23ClN2O4S/c1-12-6-9-18(26-4)16(10-12)21-19(23)14(3)22(27(5,24)25)17-11-15(20)8-7-13(17)2/h6-11,14H,1-5H3,(H,21,23)/t14-/m1/s1. The van der Waals surface area contributed by atoms with E-state index in [1.165, 1.54) is 20.1 Å². The Labute approximate surface area is 165 Å². The Morgan fingerprint density at radius 3 is 2.44 bits per heavy atom. The molecule has 2 aromatic rings. The fourth-order valence-corrected chi connectivity index (χ4v) is 4.15. The highest BCUT2D eigenvalue weighted by Gasteiger charge is 2.30. The molecule has 1 atom stereocenters. The molecule has 0 unspecified atom stereocenters. The van der Waals surface area contributed by atoms with Gasteiger partial charge in [0.2, 0.25) is 15.9 Å². The molecule has 146 valence electrons. The summed E-state index contributed by atoms with van der Waals surface area (Å²) in [5, 5.41) is 3.14. The van der Waals surface area contributed by atoms with Gasteiger partial charge in [0.15, 0.2) is 0 Å². The van der Waals surface area contributed by atoms with Crippen molar-refractivity contribution >= 4 is 38.9 Å². The number of nitrogens with one attached hydrogen (secondary N) is 1. The molecule has 0 aromatic heterocycles. The minimum Gasteiger partial charge on any atom is -0.495 e. The Morgan fingerprint density at radius 2 is 1.85 bits per heavy atom. The first-order valence-electron chi connectivity index (χ1n) is 8.25. The first-order valence-corrected chi connectivity index (χ1v) is 10.5. The van der Waals surface area contributed by atoms with E-state index in [0.29, 0.717) is 27.7 Å². The lowest BCUT2D eigenvalue weighted by atomic mass is 10.1. The molecule has 0 fully saturated rings. The molecule has 1 N–H and O–H groups in total. The molecule has 0 aliphatic carbocycles. The number of ether oxygens (including phenoxy) is 1. The van der Waals surface area contributed by atoms with Crippen LogP contribution in [0.1, 0.15) is 18.1 Å². The Bertz CT molecular complexity index is 960. The van der Waals surface area contributed by atoms with Crippen LogP contribution in [0.3, 0.4) is 0 Å². The molecule has 1 amide bonds. The van der Waals surface area contributed by atoms with Gasteiger partial charge >= 0.3 is 0 Å². The average molecular weight is 411 g/mol. The zero-order valence-corrected chi connectivity index (χ0v) is 17.5. The molecule has 0 radical (unpaired) electrons. The van der Waals surface area contributed by atoms with Gasteiger partial charge in [0.1, 0.15) is 11.8 Å². The third kappa shape index (κ3) is 4.93. The summed E-state index contributed by atoms with van der Waals surface area (Å²) in [6, 6.07) is 9.28. The number of benzene rings is 2. The summed E-state index contributed by atoms with van der Waals surface area (Å²) in [7, 11) is -2.23. The van der Waals surface area contributed by atoms with Crippen molar-refractivity contribution in [2.24, 2.45) is 0 Å². The summed E-state index contributed by atoms with van der Waals surface area (Å²) in [5.74, 6) is 0.00897. The summed E-state index contributed by atoms with van der Waals surface area (Å²) < 4.78 is 31.2. The molecule has 0 heterocycles. The summed E-state index contributed by atoms with van der Waals surface area (Å²) >= 11 is 6.04. The van der Waals surface area contributed by atoms with Gasteiger partial charge in [0.25, 0.3) is 0 Å². The number of carbonyl (C=O) groups excluding carboxylic acids is 1. The Morgan fingerprint density at radius 1 is 1.19 bits per heavy atom. The van der Waals surface area contributed by atoms with Crippen LogP contribution in [0, 0.1) is 13.8 Å². The van der Waals surface area contributed by atoms with E-state index in [1.807, 2.05) is 13.0 Å². The third-order valence-corrected chi connectivity index (χ3v) is 5.57. The van der Waals surface area contributed by atoms with Crippen molar-refractivity contribution in [1.29, 1.82) is 0 Å². The lowest BCUT2D eigenvalue weighted by Crippen LogP contribution is -2.45. The molecule has 8 heteroatoms. The second-order valence-corrected chi connectivity index (χ2v) is 8.65. The van der Waals surface area contributed by atoms with Gasteiger partial charge in [-0.15, -0.1) is 0 Å². The molecular weight excluding hydrogens is 388 g/mol. The number of sulfonamides is 1. The molecule has 0 aliphatic heterocycles. The lowest BCUT2D eigenvalue weighted by Gasteiger charge is -2.29. The number of anilines is 2. The van der Waals surface area contributed by atoms with Gasteiger partial charge in [-0.1, -0.05) is 23.7 Å². The van der Waals surface area contributed by atoms with Crippen LogP contribution in [0.5, 0.6) is 5.75 Å². The fourth-order valence-electron chi connectivity index (χ4n) is 2.76. The van der Waals surface area contributed by atoms with Crippen LogP contribution < -0.4 is 14.4 Å². The van der Waals surface area contributed by atoms with Gasteiger partial charge in [0, 0.05) is 5.02 Å². The topological polar surface area (TPSA) is 75.7 Å². The zero-order chi connectivity index (χ0) is 20.4.